The van der Waals surface area contributed by atoms with Crippen molar-refractivity contribution in [2.45, 2.75) is 52.6 Å². The molecule has 0 spiro atoms. The smallest absolute Gasteiger partial charge is 0.0941 e. The molecular formula is C15H27N3S. The predicted octanol–water partition coefficient (Wildman–Crippen LogP) is 2.92. The predicted molar refractivity (Wildman–Crippen MR) is 82.6 cm³/mol. The van der Waals surface area contributed by atoms with Gasteiger partial charge in [-0.2, -0.15) is 0 Å². The van der Waals surface area contributed by atoms with Crippen LogP contribution in [0.4, 0.5) is 0 Å². The number of nitrogens with zero attached hydrogens (tertiary/aromatic N) is 2. The number of thiazole rings is 1. The molecule has 1 aliphatic heterocycles. The molecule has 0 radical (unpaired) electrons. The van der Waals surface area contributed by atoms with E-state index >= 15 is 0 Å². The third-order valence-corrected chi connectivity index (χ3v) is 4.77. The molecule has 0 atom stereocenters. The van der Waals surface area contributed by atoms with Crippen molar-refractivity contribution in [2.75, 3.05) is 19.6 Å². The first-order chi connectivity index (χ1) is 9.13. The van der Waals surface area contributed by atoms with Crippen LogP contribution < -0.4 is 5.32 Å². The van der Waals surface area contributed by atoms with E-state index in [4.69, 9.17) is 4.98 Å². The molecule has 0 saturated carbocycles. The van der Waals surface area contributed by atoms with E-state index in [2.05, 4.69) is 36.4 Å². The fourth-order valence-electron chi connectivity index (χ4n) is 2.39. The second-order valence-corrected chi connectivity index (χ2v) is 6.98. The first kappa shape index (κ1) is 14.9. The highest BCUT2D eigenvalue weighted by Crippen LogP contribution is 2.17. The molecule has 2 rings (SSSR count). The van der Waals surface area contributed by atoms with Crippen LogP contribution in [0.2, 0.25) is 0 Å². The molecule has 2 heterocycles. The molecule has 108 valence electrons. The minimum absolute atomic E-state index is 0.528. The summed E-state index contributed by atoms with van der Waals surface area (Å²) in [5.74, 6) is 0.921. The van der Waals surface area contributed by atoms with Crippen molar-refractivity contribution in [3.05, 3.63) is 16.1 Å². The maximum absolute atomic E-state index is 4.71. The Kier molecular flexibility index (Phi) is 5.79. The summed E-state index contributed by atoms with van der Waals surface area (Å²) in [6.45, 7) is 11.3. The summed E-state index contributed by atoms with van der Waals surface area (Å²) < 4.78 is 0. The van der Waals surface area contributed by atoms with E-state index in [0.717, 1.165) is 18.9 Å². The largest absolute Gasteiger partial charge is 0.309 e. The van der Waals surface area contributed by atoms with Gasteiger partial charge in [0, 0.05) is 30.9 Å². The molecule has 1 saturated heterocycles. The number of rotatable bonds is 6. The number of likely N-dealkylation sites (tertiary alicyclic amines) is 1. The Morgan fingerprint density at radius 1 is 1.42 bits per heavy atom. The second kappa shape index (κ2) is 7.36. The fourth-order valence-corrected chi connectivity index (χ4v) is 3.18. The van der Waals surface area contributed by atoms with Gasteiger partial charge < -0.3 is 10.2 Å². The van der Waals surface area contributed by atoms with E-state index in [-0.39, 0.29) is 0 Å². The van der Waals surface area contributed by atoms with Crippen molar-refractivity contribution >= 4 is 11.3 Å². The quantitative estimate of drug-likeness (QED) is 0.869. The van der Waals surface area contributed by atoms with Gasteiger partial charge in [-0.15, -0.1) is 11.3 Å². The number of aromatic nitrogens is 1. The minimum atomic E-state index is 0.528. The maximum atomic E-state index is 4.71. The molecule has 1 aliphatic rings. The summed E-state index contributed by atoms with van der Waals surface area (Å²) in [6, 6.07) is 0.528. The number of hydrogen-bond donors (Lipinski definition) is 1. The summed E-state index contributed by atoms with van der Waals surface area (Å²) in [6.07, 6.45) is 3.84. The van der Waals surface area contributed by atoms with Crippen molar-refractivity contribution < 1.29 is 0 Å². The van der Waals surface area contributed by atoms with Gasteiger partial charge in [0.05, 0.1) is 10.7 Å². The molecule has 3 nitrogen and oxygen atoms in total. The van der Waals surface area contributed by atoms with Crippen molar-refractivity contribution in [2.24, 2.45) is 5.92 Å². The molecule has 1 aromatic heterocycles. The lowest BCUT2D eigenvalue weighted by Gasteiger charge is -2.29. The topological polar surface area (TPSA) is 28.2 Å². The highest BCUT2D eigenvalue weighted by atomic mass is 32.1. The van der Waals surface area contributed by atoms with Crippen LogP contribution in [0.5, 0.6) is 0 Å². The summed E-state index contributed by atoms with van der Waals surface area (Å²) in [5.41, 5.74) is 1.20. The number of hydrogen-bond acceptors (Lipinski definition) is 4. The van der Waals surface area contributed by atoms with Crippen LogP contribution in [0.1, 0.15) is 44.3 Å². The summed E-state index contributed by atoms with van der Waals surface area (Å²) in [4.78, 5) is 7.30. The molecule has 1 N–H and O–H groups in total. The Bertz CT molecular complexity index is 367. The maximum Gasteiger partial charge on any atom is 0.0941 e. The van der Waals surface area contributed by atoms with Crippen molar-refractivity contribution in [3.8, 4) is 0 Å². The zero-order valence-corrected chi connectivity index (χ0v) is 13.3. The Hall–Kier alpha value is -0.450. The van der Waals surface area contributed by atoms with Gasteiger partial charge in [0.2, 0.25) is 0 Å². The van der Waals surface area contributed by atoms with E-state index in [9.17, 15) is 0 Å². The Morgan fingerprint density at radius 2 is 2.16 bits per heavy atom. The van der Waals surface area contributed by atoms with Crippen LogP contribution in [-0.2, 0) is 13.0 Å². The van der Waals surface area contributed by atoms with E-state index in [1.165, 1.54) is 43.2 Å². The minimum Gasteiger partial charge on any atom is -0.309 e. The number of piperidine rings is 1. The lowest BCUT2D eigenvalue weighted by molar-refractivity contribution is 0.194. The summed E-state index contributed by atoms with van der Waals surface area (Å²) >= 11 is 1.81. The van der Waals surface area contributed by atoms with Gasteiger partial charge in [-0.1, -0.05) is 20.8 Å². The van der Waals surface area contributed by atoms with Crippen LogP contribution >= 0.6 is 11.3 Å². The highest BCUT2D eigenvalue weighted by molar-refractivity contribution is 7.09. The Balaban J connectivity index is 1.71. The standard InChI is InChI=1S/C15H27N3S/c1-12(2)16-10-14-11-19-15(17-14)6-9-18-7-4-13(3)5-8-18/h11-13,16H,4-10H2,1-3H3. The van der Waals surface area contributed by atoms with Gasteiger partial charge in [-0.05, 0) is 31.8 Å². The first-order valence-electron chi connectivity index (χ1n) is 7.52. The van der Waals surface area contributed by atoms with Crippen LogP contribution in [0.15, 0.2) is 5.38 Å². The zero-order valence-electron chi connectivity index (χ0n) is 12.5. The van der Waals surface area contributed by atoms with E-state index in [1.54, 1.807) is 0 Å². The van der Waals surface area contributed by atoms with E-state index < -0.39 is 0 Å². The van der Waals surface area contributed by atoms with Gasteiger partial charge in [0.25, 0.3) is 0 Å². The van der Waals surface area contributed by atoms with E-state index in [1.807, 2.05) is 11.3 Å². The fraction of sp³-hybridized carbons (Fsp3) is 0.800. The summed E-state index contributed by atoms with van der Waals surface area (Å²) in [7, 11) is 0. The summed E-state index contributed by atoms with van der Waals surface area (Å²) in [5, 5.41) is 6.91. The molecule has 1 aromatic rings. The Labute approximate surface area is 121 Å². The SMILES string of the molecule is CC1CCN(CCc2nc(CNC(C)C)cs2)CC1. The molecular weight excluding hydrogens is 254 g/mol. The van der Waals surface area contributed by atoms with Crippen molar-refractivity contribution in [3.63, 3.8) is 0 Å². The molecule has 19 heavy (non-hydrogen) atoms. The molecule has 0 unspecified atom stereocenters. The average molecular weight is 281 g/mol. The normalized spacial score (nSPS) is 18.3. The van der Waals surface area contributed by atoms with Crippen LogP contribution in [0, 0.1) is 5.92 Å². The van der Waals surface area contributed by atoms with Crippen LogP contribution in [0.25, 0.3) is 0 Å². The molecule has 4 heteroatoms. The lowest BCUT2D eigenvalue weighted by Crippen LogP contribution is -2.34. The van der Waals surface area contributed by atoms with E-state index in [0.29, 0.717) is 6.04 Å². The first-order valence-corrected chi connectivity index (χ1v) is 8.40. The lowest BCUT2D eigenvalue weighted by atomic mass is 9.99. The monoisotopic (exact) mass is 281 g/mol. The van der Waals surface area contributed by atoms with Gasteiger partial charge in [-0.3, -0.25) is 0 Å². The number of nitrogens with one attached hydrogen (secondary N) is 1. The van der Waals surface area contributed by atoms with Gasteiger partial charge in [0.15, 0.2) is 0 Å². The van der Waals surface area contributed by atoms with Gasteiger partial charge in [-0.25, -0.2) is 4.98 Å². The average Bonchev–Trinajstić information content (AvgIpc) is 2.84. The molecule has 0 aromatic carbocycles. The van der Waals surface area contributed by atoms with Gasteiger partial charge >= 0.3 is 0 Å². The highest BCUT2D eigenvalue weighted by Gasteiger charge is 2.15. The van der Waals surface area contributed by atoms with Crippen LogP contribution in [-0.4, -0.2) is 35.6 Å². The van der Waals surface area contributed by atoms with Crippen molar-refractivity contribution in [1.29, 1.82) is 0 Å². The third-order valence-electron chi connectivity index (χ3n) is 3.81. The second-order valence-electron chi connectivity index (χ2n) is 6.04. The molecule has 0 amide bonds. The molecule has 1 fully saturated rings. The van der Waals surface area contributed by atoms with Crippen LogP contribution in [0.3, 0.4) is 0 Å². The third kappa shape index (κ3) is 5.21. The Morgan fingerprint density at radius 3 is 2.84 bits per heavy atom. The van der Waals surface area contributed by atoms with Gasteiger partial charge in [0.1, 0.15) is 0 Å². The molecule has 0 bridgehead atoms. The molecule has 0 aliphatic carbocycles. The van der Waals surface area contributed by atoms with Crippen molar-refractivity contribution in [1.82, 2.24) is 15.2 Å². The zero-order chi connectivity index (χ0) is 13.7.